The Bertz CT molecular complexity index is 755. The maximum absolute atomic E-state index is 12.5. The minimum atomic E-state index is -3.53. The van der Waals surface area contributed by atoms with Crippen LogP contribution in [0.4, 0.5) is 9.59 Å². The Labute approximate surface area is 239 Å². The number of benzene rings is 2. The van der Waals surface area contributed by atoms with E-state index in [1.807, 2.05) is 0 Å². The van der Waals surface area contributed by atoms with Crippen molar-refractivity contribution in [1.29, 1.82) is 0 Å². The van der Waals surface area contributed by atoms with Gasteiger partial charge in [0.2, 0.25) is 0 Å². The molecule has 0 spiro atoms. The van der Waals surface area contributed by atoms with Gasteiger partial charge in [-0.1, -0.05) is 77.4 Å². The molecule has 9 nitrogen and oxygen atoms in total. The molecule has 2 rings (SSSR count). The summed E-state index contributed by atoms with van der Waals surface area (Å²) in [6.45, 7) is -0.400. The van der Waals surface area contributed by atoms with Gasteiger partial charge in [0.15, 0.2) is 0 Å². The fraction of sp³-hybridized carbons (Fsp3) is 0.300. The minimum absolute atomic E-state index is 0. The summed E-state index contributed by atoms with van der Waals surface area (Å²) in [7, 11) is -7.06. The molecule has 0 aromatic heterocycles. The second-order valence-electron chi connectivity index (χ2n) is 6.56. The number of nitrogens with zero attached hydrogens (tertiary/aromatic N) is 1. The van der Waals surface area contributed by atoms with Crippen molar-refractivity contribution in [2.24, 2.45) is 0 Å². The predicted molar refractivity (Wildman–Crippen MR) is 110 cm³/mol. The van der Waals surface area contributed by atoms with Crippen molar-refractivity contribution in [3.63, 3.8) is 0 Å². The molecule has 0 aliphatic heterocycles. The zero-order valence-electron chi connectivity index (χ0n) is 18.6. The largest absolute Gasteiger partial charge is 1.00 e. The van der Waals surface area contributed by atoms with Gasteiger partial charge in [0, 0.05) is 13.0 Å². The number of rotatable bonds is 10. The fourth-order valence-corrected chi connectivity index (χ4v) is 4.29. The first kappa shape index (κ1) is 32.9. The Balaban J connectivity index is 0.00000512. The van der Waals surface area contributed by atoms with Crippen molar-refractivity contribution >= 4 is 28.9 Å². The number of imide groups is 1. The van der Waals surface area contributed by atoms with Crippen LogP contribution in [0, 0.1) is 0 Å². The molecule has 0 saturated carbocycles. The van der Waals surface area contributed by atoms with Crippen molar-refractivity contribution in [3.8, 4) is 0 Å². The second kappa shape index (κ2) is 18.2. The van der Waals surface area contributed by atoms with Crippen molar-refractivity contribution in [1.82, 2.24) is 4.90 Å². The van der Waals surface area contributed by atoms with Crippen LogP contribution in [0.3, 0.4) is 0 Å². The summed E-state index contributed by atoms with van der Waals surface area (Å²) in [5, 5.41) is -1.49. The van der Waals surface area contributed by atoms with E-state index in [-0.39, 0.29) is 91.7 Å². The van der Waals surface area contributed by atoms with Crippen molar-refractivity contribution in [3.05, 3.63) is 71.8 Å². The van der Waals surface area contributed by atoms with Gasteiger partial charge < -0.3 is 29.0 Å². The molecule has 33 heavy (non-hydrogen) atoms. The summed E-state index contributed by atoms with van der Waals surface area (Å²) < 4.78 is 10.3. The molecule has 0 saturated heterocycles. The van der Waals surface area contributed by atoms with Crippen LogP contribution >= 0.6 is 16.8 Å². The van der Waals surface area contributed by atoms with Crippen LogP contribution in [0.15, 0.2) is 60.7 Å². The average Bonchev–Trinajstić information content (AvgIpc) is 2.76. The zero-order valence-corrected chi connectivity index (χ0v) is 24.6. The van der Waals surface area contributed by atoms with E-state index in [4.69, 9.17) is 9.47 Å². The first-order valence-corrected chi connectivity index (χ1v) is 12.3. The second-order valence-corrected chi connectivity index (χ2v) is 9.81. The molecule has 0 radical (unpaired) electrons. The van der Waals surface area contributed by atoms with E-state index in [1.54, 1.807) is 60.7 Å². The summed E-state index contributed by atoms with van der Waals surface area (Å²) in [6, 6.07) is 17.7. The van der Waals surface area contributed by atoms with Gasteiger partial charge in [-0.25, -0.2) is 14.5 Å². The molecule has 0 fully saturated rings. The molecular weight excluding hydrogens is 490 g/mol. The standard InChI is InChI=1S/C20H23NO8P2.2Na/c22-19(28-14-16-8-3-1-4-9-16)21(13-7-12-18(30(24)25)31(26)27)20(23)29-15-17-10-5-2-6-11-17;;/h1-6,8-11,18,30-31H,7,12-15H2;;/q-2;2*+1. The summed E-state index contributed by atoms with van der Waals surface area (Å²) in [5.41, 5.74) is 1.42. The van der Waals surface area contributed by atoms with Gasteiger partial charge >= 0.3 is 71.3 Å². The zero-order chi connectivity index (χ0) is 22.6. The molecule has 0 bridgehead atoms. The van der Waals surface area contributed by atoms with Gasteiger partial charge in [-0.15, -0.1) is 0 Å². The average molecular weight is 513 g/mol. The third kappa shape index (κ3) is 12.4. The molecule has 0 atom stereocenters. The number of hydrogen-bond donors (Lipinski definition) is 0. The first-order valence-electron chi connectivity index (χ1n) is 9.49. The fourth-order valence-electron chi connectivity index (χ4n) is 2.64. The van der Waals surface area contributed by atoms with Crippen LogP contribution < -0.4 is 78.7 Å². The van der Waals surface area contributed by atoms with Gasteiger partial charge in [-0.3, -0.25) is 0 Å². The predicted octanol–water partition coefficient (Wildman–Crippen LogP) is -5.39. The molecule has 2 amide bonds. The number of hydrogen-bond acceptors (Lipinski definition) is 8. The van der Waals surface area contributed by atoms with Crippen LogP contribution in [0.1, 0.15) is 24.0 Å². The van der Waals surface area contributed by atoms with E-state index in [0.29, 0.717) is 16.0 Å². The smallest absolute Gasteiger partial charge is 0.682 e. The number of amides is 2. The van der Waals surface area contributed by atoms with Gasteiger partial charge in [0.1, 0.15) is 18.6 Å². The number of ether oxygens (including phenoxy) is 2. The van der Waals surface area contributed by atoms with Crippen LogP contribution in [0.2, 0.25) is 0 Å². The monoisotopic (exact) mass is 513 g/mol. The Morgan fingerprint density at radius 1 is 0.758 bits per heavy atom. The van der Waals surface area contributed by atoms with Crippen LogP contribution in [-0.4, -0.2) is 29.0 Å². The van der Waals surface area contributed by atoms with Crippen LogP contribution in [-0.2, 0) is 22.7 Å². The Hall–Kier alpha value is -0.120. The maximum Gasteiger partial charge on any atom is 1.00 e. The number of carbonyl (C=O) groups is 2. The van der Waals surface area contributed by atoms with Gasteiger partial charge in [-0.05, 0) is 17.5 Å². The first-order chi connectivity index (χ1) is 14.9. The number of carbonyl (C=O) groups excluding carboxylic acids is 2. The van der Waals surface area contributed by atoms with E-state index in [9.17, 15) is 29.2 Å². The SMILES string of the molecule is O=C(OCc1ccccc1)N(CCCC([PH+]([O-])[O-])[PH+]([O-])[O-])C(=O)OCc1ccccc1.[Na+].[Na+]. The molecule has 0 aliphatic rings. The van der Waals surface area contributed by atoms with E-state index in [1.165, 1.54) is 0 Å². The molecule has 13 heteroatoms. The minimum Gasteiger partial charge on any atom is -0.682 e. The van der Waals surface area contributed by atoms with E-state index < -0.39 is 34.3 Å². The summed E-state index contributed by atoms with van der Waals surface area (Å²) in [4.78, 5) is 70.1. The van der Waals surface area contributed by atoms with E-state index >= 15 is 0 Å². The topological polar surface area (TPSA) is 148 Å². The third-order valence-corrected chi connectivity index (χ3v) is 7.42. The molecule has 0 aliphatic carbocycles. The van der Waals surface area contributed by atoms with Gasteiger partial charge in [-0.2, -0.15) is 0 Å². The molecule has 0 unspecified atom stereocenters. The van der Waals surface area contributed by atoms with Gasteiger partial charge in [0.05, 0.1) is 0 Å². The third-order valence-electron chi connectivity index (χ3n) is 4.29. The molecular formula is C20H23NNa2O8P2. The molecule has 0 heterocycles. The van der Waals surface area contributed by atoms with Crippen molar-refractivity contribution in [2.75, 3.05) is 6.54 Å². The van der Waals surface area contributed by atoms with Gasteiger partial charge in [0.25, 0.3) is 0 Å². The van der Waals surface area contributed by atoms with Crippen molar-refractivity contribution < 1.29 is 97.8 Å². The van der Waals surface area contributed by atoms with Crippen LogP contribution in [0.25, 0.3) is 0 Å². The maximum atomic E-state index is 12.5. The molecule has 2 aromatic carbocycles. The summed E-state index contributed by atoms with van der Waals surface area (Å²) in [5.74, 6) is 0. The Morgan fingerprint density at radius 2 is 1.15 bits per heavy atom. The normalized spacial score (nSPS) is 10.4. The molecule has 168 valence electrons. The van der Waals surface area contributed by atoms with Crippen LogP contribution in [0.5, 0.6) is 0 Å². The van der Waals surface area contributed by atoms with Crippen molar-refractivity contribution in [2.45, 2.75) is 31.5 Å². The van der Waals surface area contributed by atoms with E-state index in [0.717, 1.165) is 0 Å². The Morgan fingerprint density at radius 3 is 1.52 bits per heavy atom. The van der Waals surface area contributed by atoms with E-state index in [2.05, 4.69) is 0 Å². The summed E-state index contributed by atoms with van der Waals surface area (Å²) in [6.07, 6.45) is -2.20. The Kier molecular flexibility index (Phi) is 18.1. The molecule has 0 N–H and O–H groups in total. The quantitative estimate of drug-likeness (QED) is 0.226. The molecule has 2 aromatic rings. The summed E-state index contributed by atoms with van der Waals surface area (Å²) >= 11 is 0.